The zero-order valence-corrected chi connectivity index (χ0v) is 14.1. The molecule has 2 aliphatic heterocycles. The van der Waals surface area contributed by atoms with Crippen LogP contribution in [0.25, 0.3) is 0 Å². The van der Waals surface area contributed by atoms with Crippen LogP contribution < -0.4 is 0 Å². The van der Waals surface area contributed by atoms with Crippen LogP contribution in [0.1, 0.15) is 20.3 Å². The van der Waals surface area contributed by atoms with E-state index in [9.17, 15) is 4.79 Å². The van der Waals surface area contributed by atoms with Gasteiger partial charge in [-0.05, 0) is 12.8 Å². The second-order valence-corrected chi connectivity index (χ2v) is 6.13. The summed E-state index contributed by atoms with van der Waals surface area (Å²) in [4.78, 5) is 17.0. The molecular formula is C16H30N2O4. The summed E-state index contributed by atoms with van der Waals surface area (Å²) in [6, 6.07) is 0.462. The molecule has 1 amide bonds. The molecule has 0 aliphatic carbocycles. The van der Waals surface area contributed by atoms with Crippen molar-refractivity contribution in [2.45, 2.75) is 32.4 Å². The first-order valence-corrected chi connectivity index (χ1v) is 8.38. The number of likely N-dealkylation sites (tertiary alicyclic amines) is 1. The molecule has 0 N–H and O–H groups in total. The van der Waals surface area contributed by atoms with Gasteiger partial charge in [-0.3, -0.25) is 9.69 Å². The van der Waals surface area contributed by atoms with E-state index in [-0.39, 0.29) is 5.91 Å². The fourth-order valence-electron chi connectivity index (χ4n) is 3.39. The predicted octanol–water partition coefficient (Wildman–Crippen LogP) is 0.607. The minimum absolute atomic E-state index is 0.102. The zero-order valence-electron chi connectivity index (χ0n) is 14.1. The third kappa shape index (κ3) is 4.41. The van der Waals surface area contributed by atoms with Gasteiger partial charge in [0, 0.05) is 39.3 Å². The predicted molar refractivity (Wildman–Crippen MR) is 83.8 cm³/mol. The van der Waals surface area contributed by atoms with E-state index in [0.717, 1.165) is 45.8 Å². The number of morpholine rings is 1. The van der Waals surface area contributed by atoms with Gasteiger partial charge in [-0.1, -0.05) is 13.3 Å². The molecule has 0 spiro atoms. The lowest BCUT2D eigenvalue weighted by atomic mass is 9.99. The Bertz CT molecular complexity index is 347. The Morgan fingerprint density at radius 3 is 2.64 bits per heavy atom. The number of methoxy groups -OCH3 is 1. The van der Waals surface area contributed by atoms with Crippen molar-refractivity contribution in [1.29, 1.82) is 0 Å². The largest absolute Gasteiger partial charge is 0.382 e. The Hall–Kier alpha value is -0.690. The highest BCUT2D eigenvalue weighted by Gasteiger charge is 2.39. The molecule has 0 saturated carbocycles. The number of rotatable bonds is 7. The second kappa shape index (κ2) is 8.82. The Balaban J connectivity index is 1.88. The molecule has 0 aromatic rings. The normalized spacial score (nSPS) is 28.0. The van der Waals surface area contributed by atoms with Gasteiger partial charge in [0.25, 0.3) is 5.91 Å². The van der Waals surface area contributed by atoms with Gasteiger partial charge >= 0.3 is 0 Å². The van der Waals surface area contributed by atoms with Crippen molar-refractivity contribution >= 4 is 5.91 Å². The average Bonchev–Trinajstić information content (AvgIpc) is 2.99. The first-order chi connectivity index (χ1) is 10.7. The van der Waals surface area contributed by atoms with E-state index < -0.39 is 6.10 Å². The maximum atomic E-state index is 12.5. The molecule has 0 radical (unpaired) electrons. The van der Waals surface area contributed by atoms with E-state index in [1.165, 1.54) is 0 Å². The number of hydrogen-bond donors (Lipinski definition) is 0. The number of nitrogens with zero attached hydrogens (tertiary/aromatic N) is 2. The second-order valence-electron chi connectivity index (χ2n) is 6.13. The molecular weight excluding hydrogens is 284 g/mol. The highest BCUT2D eigenvalue weighted by molar-refractivity contribution is 5.80. The number of carbonyl (C=O) groups is 1. The monoisotopic (exact) mass is 314 g/mol. The van der Waals surface area contributed by atoms with E-state index in [1.807, 2.05) is 11.8 Å². The zero-order chi connectivity index (χ0) is 15.9. The average molecular weight is 314 g/mol. The minimum atomic E-state index is -0.393. The fraction of sp³-hybridized carbons (Fsp3) is 0.938. The van der Waals surface area contributed by atoms with Crippen LogP contribution in [0, 0.1) is 5.92 Å². The van der Waals surface area contributed by atoms with Gasteiger partial charge in [0.1, 0.15) is 6.10 Å². The van der Waals surface area contributed by atoms with E-state index in [0.29, 0.717) is 25.2 Å². The van der Waals surface area contributed by atoms with Crippen molar-refractivity contribution in [3.63, 3.8) is 0 Å². The van der Waals surface area contributed by atoms with Crippen molar-refractivity contribution in [3.05, 3.63) is 0 Å². The number of amides is 1. The molecule has 0 unspecified atom stereocenters. The lowest BCUT2D eigenvalue weighted by molar-refractivity contribution is -0.142. The van der Waals surface area contributed by atoms with Gasteiger partial charge in [-0.15, -0.1) is 0 Å². The Kier molecular flexibility index (Phi) is 7.08. The van der Waals surface area contributed by atoms with E-state index in [4.69, 9.17) is 14.2 Å². The van der Waals surface area contributed by atoms with Gasteiger partial charge in [-0.2, -0.15) is 0 Å². The van der Waals surface area contributed by atoms with Crippen LogP contribution in [-0.4, -0.2) is 87.6 Å². The summed E-state index contributed by atoms with van der Waals surface area (Å²) in [6.07, 6.45) is 0.709. The first-order valence-electron chi connectivity index (χ1n) is 8.38. The molecule has 2 saturated heterocycles. The molecule has 6 nitrogen and oxygen atoms in total. The Labute approximate surface area is 133 Å². The smallest absolute Gasteiger partial charge is 0.251 e. The maximum absolute atomic E-state index is 12.5. The summed E-state index contributed by atoms with van der Waals surface area (Å²) >= 11 is 0. The highest BCUT2D eigenvalue weighted by atomic mass is 16.5. The van der Waals surface area contributed by atoms with Crippen molar-refractivity contribution in [2.75, 3.05) is 59.7 Å². The van der Waals surface area contributed by atoms with Crippen LogP contribution in [0.3, 0.4) is 0 Å². The Morgan fingerprint density at radius 1 is 1.27 bits per heavy atom. The summed E-state index contributed by atoms with van der Waals surface area (Å²) in [5.74, 6) is 0.651. The van der Waals surface area contributed by atoms with Crippen LogP contribution in [0.2, 0.25) is 0 Å². The van der Waals surface area contributed by atoms with Crippen molar-refractivity contribution in [1.82, 2.24) is 9.80 Å². The molecule has 2 aliphatic rings. The van der Waals surface area contributed by atoms with E-state index in [2.05, 4.69) is 11.8 Å². The van der Waals surface area contributed by atoms with Gasteiger partial charge in [-0.25, -0.2) is 0 Å². The quantitative estimate of drug-likeness (QED) is 0.644. The minimum Gasteiger partial charge on any atom is -0.382 e. The molecule has 2 heterocycles. The maximum Gasteiger partial charge on any atom is 0.251 e. The molecule has 2 fully saturated rings. The molecule has 0 aromatic carbocycles. The van der Waals surface area contributed by atoms with Crippen LogP contribution >= 0.6 is 0 Å². The van der Waals surface area contributed by atoms with Crippen LogP contribution in [-0.2, 0) is 19.0 Å². The standard InChI is InChI=1S/C16H30N2O4/c1-4-14-11-18(16(19)13(2)22-10-9-20-3)12-15(14)17-5-7-21-8-6-17/h13-15H,4-12H2,1-3H3/t13-,14-,15+/m1/s1. The summed E-state index contributed by atoms with van der Waals surface area (Å²) < 4.78 is 16.0. The fourth-order valence-corrected chi connectivity index (χ4v) is 3.39. The van der Waals surface area contributed by atoms with Gasteiger partial charge in [0.2, 0.25) is 0 Å². The third-order valence-electron chi connectivity index (χ3n) is 4.76. The Morgan fingerprint density at radius 2 is 2.00 bits per heavy atom. The van der Waals surface area contributed by atoms with Crippen molar-refractivity contribution < 1.29 is 19.0 Å². The summed E-state index contributed by atoms with van der Waals surface area (Å²) in [5.41, 5.74) is 0. The molecule has 3 atom stereocenters. The molecule has 2 rings (SSSR count). The highest BCUT2D eigenvalue weighted by Crippen LogP contribution is 2.26. The van der Waals surface area contributed by atoms with Gasteiger partial charge < -0.3 is 19.1 Å². The van der Waals surface area contributed by atoms with E-state index in [1.54, 1.807) is 7.11 Å². The van der Waals surface area contributed by atoms with E-state index >= 15 is 0 Å². The number of hydrogen-bond acceptors (Lipinski definition) is 5. The molecule has 6 heteroatoms. The molecule has 128 valence electrons. The third-order valence-corrected chi connectivity index (χ3v) is 4.76. The molecule has 0 aromatic heterocycles. The summed E-state index contributed by atoms with van der Waals surface area (Å²) in [6.45, 7) is 10.2. The topological polar surface area (TPSA) is 51.2 Å². The van der Waals surface area contributed by atoms with Crippen molar-refractivity contribution in [3.8, 4) is 0 Å². The van der Waals surface area contributed by atoms with Gasteiger partial charge in [0.05, 0.1) is 26.4 Å². The molecule has 22 heavy (non-hydrogen) atoms. The van der Waals surface area contributed by atoms with Gasteiger partial charge in [0.15, 0.2) is 0 Å². The van der Waals surface area contributed by atoms with Crippen molar-refractivity contribution in [2.24, 2.45) is 5.92 Å². The lowest BCUT2D eigenvalue weighted by Gasteiger charge is -2.34. The number of carbonyl (C=O) groups excluding carboxylic acids is 1. The number of ether oxygens (including phenoxy) is 3. The van der Waals surface area contributed by atoms with Crippen LogP contribution in [0.15, 0.2) is 0 Å². The summed E-state index contributed by atoms with van der Waals surface area (Å²) in [5, 5.41) is 0. The van der Waals surface area contributed by atoms with Crippen LogP contribution in [0.5, 0.6) is 0 Å². The first kappa shape index (κ1) is 17.7. The summed E-state index contributed by atoms with van der Waals surface area (Å²) in [7, 11) is 1.63. The molecule has 0 bridgehead atoms. The lowest BCUT2D eigenvalue weighted by Crippen LogP contribution is -2.47. The SMILES string of the molecule is CC[C@@H]1CN(C(=O)[C@@H](C)OCCOC)C[C@@H]1N1CCOCC1. The van der Waals surface area contributed by atoms with Crippen LogP contribution in [0.4, 0.5) is 0 Å².